The standard InChI is InChI=1S/C16H13FN2O2/c1-21-12-7-8-13(14(17)9-12)16(20)19-15(10-18)11-5-3-2-4-6-11/h2-9,15H,1H3,(H,19,20). The summed E-state index contributed by atoms with van der Waals surface area (Å²) in [5, 5.41) is 11.6. The zero-order valence-electron chi connectivity index (χ0n) is 11.3. The van der Waals surface area contributed by atoms with Crippen LogP contribution in [-0.2, 0) is 0 Å². The van der Waals surface area contributed by atoms with Crippen molar-refractivity contribution in [1.29, 1.82) is 5.26 Å². The highest BCUT2D eigenvalue weighted by molar-refractivity contribution is 5.95. The van der Waals surface area contributed by atoms with E-state index >= 15 is 0 Å². The number of rotatable bonds is 4. The molecule has 0 aliphatic rings. The highest BCUT2D eigenvalue weighted by Gasteiger charge is 2.18. The van der Waals surface area contributed by atoms with Crippen molar-refractivity contribution in [3.63, 3.8) is 0 Å². The Balaban J connectivity index is 2.19. The van der Waals surface area contributed by atoms with Crippen LogP contribution in [0.25, 0.3) is 0 Å². The molecule has 0 aliphatic carbocycles. The number of carbonyl (C=O) groups excluding carboxylic acids is 1. The summed E-state index contributed by atoms with van der Waals surface area (Å²) in [6, 6.07) is 13.9. The lowest BCUT2D eigenvalue weighted by molar-refractivity contribution is 0.0941. The van der Waals surface area contributed by atoms with Crippen molar-refractivity contribution in [3.05, 3.63) is 65.5 Å². The molecular formula is C16H13FN2O2. The Morgan fingerprint density at radius 2 is 2.00 bits per heavy atom. The Labute approximate surface area is 121 Å². The van der Waals surface area contributed by atoms with Crippen LogP contribution in [0.3, 0.4) is 0 Å². The van der Waals surface area contributed by atoms with Gasteiger partial charge in [-0.1, -0.05) is 30.3 Å². The largest absolute Gasteiger partial charge is 0.497 e. The summed E-state index contributed by atoms with van der Waals surface area (Å²) >= 11 is 0. The predicted octanol–water partition coefficient (Wildman–Crippen LogP) is 2.83. The molecule has 21 heavy (non-hydrogen) atoms. The van der Waals surface area contributed by atoms with E-state index < -0.39 is 17.8 Å². The van der Waals surface area contributed by atoms with Gasteiger partial charge in [-0.05, 0) is 17.7 Å². The Morgan fingerprint density at radius 1 is 1.29 bits per heavy atom. The first-order valence-corrected chi connectivity index (χ1v) is 6.24. The van der Waals surface area contributed by atoms with Gasteiger partial charge in [-0.3, -0.25) is 4.79 Å². The van der Waals surface area contributed by atoms with Gasteiger partial charge >= 0.3 is 0 Å². The molecule has 0 spiro atoms. The van der Waals surface area contributed by atoms with Gasteiger partial charge in [0, 0.05) is 6.07 Å². The summed E-state index contributed by atoms with van der Waals surface area (Å²) in [6.07, 6.45) is 0. The molecule has 0 heterocycles. The second-order valence-electron chi connectivity index (χ2n) is 4.29. The summed E-state index contributed by atoms with van der Waals surface area (Å²) in [4.78, 5) is 12.1. The van der Waals surface area contributed by atoms with Crippen molar-refractivity contribution in [2.75, 3.05) is 7.11 Å². The Kier molecular flexibility index (Phi) is 4.52. The fourth-order valence-corrected chi connectivity index (χ4v) is 1.85. The lowest BCUT2D eigenvalue weighted by atomic mass is 10.1. The third-order valence-corrected chi connectivity index (χ3v) is 2.96. The molecule has 1 N–H and O–H groups in total. The lowest BCUT2D eigenvalue weighted by Crippen LogP contribution is -2.28. The van der Waals surface area contributed by atoms with E-state index in [0.29, 0.717) is 11.3 Å². The molecule has 2 rings (SSSR count). The Bertz CT molecular complexity index is 680. The van der Waals surface area contributed by atoms with Crippen molar-refractivity contribution < 1.29 is 13.9 Å². The highest BCUT2D eigenvalue weighted by Crippen LogP contribution is 2.18. The second-order valence-corrected chi connectivity index (χ2v) is 4.29. The van der Waals surface area contributed by atoms with Crippen molar-refractivity contribution in [2.24, 2.45) is 0 Å². The molecule has 0 radical (unpaired) electrons. The van der Waals surface area contributed by atoms with E-state index in [2.05, 4.69) is 5.32 Å². The minimum absolute atomic E-state index is 0.132. The fraction of sp³-hybridized carbons (Fsp3) is 0.125. The topological polar surface area (TPSA) is 62.1 Å². The summed E-state index contributed by atoms with van der Waals surface area (Å²) in [5.74, 6) is -1.02. The number of carbonyl (C=O) groups is 1. The number of methoxy groups -OCH3 is 1. The van der Waals surface area contributed by atoms with Gasteiger partial charge in [-0.15, -0.1) is 0 Å². The van der Waals surface area contributed by atoms with E-state index in [1.807, 2.05) is 12.1 Å². The van der Waals surface area contributed by atoms with E-state index in [9.17, 15) is 9.18 Å². The number of nitrogens with one attached hydrogen (secondary N) is 1. The highest BCUT2D eigenvalue weighted by atomic mass is 19.1. The van der Waals surface area contributed by atoms with E-state index in [4.69, 9.17) is 10.00 Å². The maximum atomic E-state index is 13.8. The van der Waals surface area contributed by atoms with Gasteiger partial charge < -0.3 is 10.1 Å². The second kappa shape index (κ2) is 6.53. The fourth-order valence-electron chi connectivity index (χ4n) is 1.85. The normalized spacial score (nSPS) is 11.3. The molecule has 0 fully saturated rings. The Hall–Kier alpha value is -2.87. The van der Waals surface area contributed by atoms with Crippen LogP contribution < -0.4 is 10.1 Å². The van der Waals surface area contributed by atoms with E-state index in [1.54, 1.807) is 24.3 Å². The molecule has 0 aromatic heterocycles. The molecule has 4 nitrogen and oxygen atoms in total. The van der Waals surface area contributed by atoms with Crippen LogP contribution in [0, 0.1) is 17.1 Å². The molecule has 2 aromatic carbocycles. The third kappa shape index (κ3) is 3.37. The van der Waals surface area contributed by atoms with Gasteiger partial charge in [0.2, 0.25) is 0 Å². The number of ether oxygens (including phenoxy) is 1. The van der Waals surface area contributed by atoms with E-state index in [-0.39, 0.29) is 5.56 Å². The molecule has 1 unspecified atom stereocenters. The van der Waals surface area contributed by atoms with Crippen LogP contribution in [0.15, 0.2) is 48.5 Å². The molecule has 2 aromatic rings. The number of hydrogen-bond acceptors (Lipinski definition) is 3. The minimum atomic E-state index is -0.833. The molecular weight excluding hydrogens is 271 g/mol. The van der Waals surface area contributed by atoms with Crippen LogP contribution in [0.5, 0.6) is 5.75 Å². The maximum absolute atomic E-state index is 13.8. The van der Waals surface area contributed by atoms with Crippen molar-refractivity contribution >= 4 is 5.91 Å². The third-order valence-electron chi connectivity index (χ3n) is 2.96. The van der Waals surface area contributed by atoms with Crippen LogP contribution in [0.2, 0.25) is 0 Å². The van der Waals surface area contributed by atoms with Crippen molar-refractivity contribution in [3.8, 4) is 11.8 Å². The molecule has 1 amide bonds. The van der Waals surface area contributed by atoms with Gasteiger partial charge in [0.05, 0.1) is 18.7 Å². The summed E-state index contributed by atoms with van der Waals surface area (Å²) in [5.41, 5.74) is 0.509. The van der Waals surface area contributed by atoms with Gasteiger partial charge in [0.1, 0.15) is 17.6 Å². The van der Waals surface area contributed by atoms with E-state index in [0.717, 1.165) is 6.07 Å². The number of amides is 1. The number of hydrogen-bond donors (Lipinski definition) is 1. The molecule has 0 saturated carbocycles. The van der Waals surface area contributed by atoms with Crippen LogP contribution in [0.1, 0.15) is 22.0 Å². The SMILES string of the molecule is COc1ccc(C(=O)NC(C#N)c2ccccc2)c(F)c1. The first-order valence-electron chi connectivity index (χ1n) is 6.24. The van der Waals surface area contributed by atoms with Crippen LogP contribution >= 0.6 is 0 Å². The lowest BCUT2D eigenvalue weighted by Gasteiger charge is -2.12. The van der Waals surface area contributed by atoms with Crippen molar-refractivity contribution in [1.82, 2.24) is 5.32 Å². The smallest absolute Gasteiger partial charge is 0.255 e. The van der Waals surface area contributed by atoms with Gasteiger partial charge in [-0.2, -0.15) is 5.26 Å². The molecule has 0 aliphatic heterocycles. The predicted molar refractivity (Wildman–Crippen MR) is 75.2 cm³/mol. The first-order chi connectivity index (χ1) is 10.2. The quantitative estimate of drug-likeness (QED) is 0.939. The summed E-state index contributed by atoms with van der Waals surface area (Å²) in [7, 11) is 1.41. The number of nitrogens with zero attached hydrogens (tertiary/aromatic N) is 1. The van der Waals surface area contributed by atoms with Crippen molar-refractivity contribution in [2.45, 2.75) is 6.04 Å². The molecule has 1 atom stereocenters. The van der Waals surface area contributed by atoms with Gasteiger partial charge in [0.15, 0.2) is 0 Å². The molecule has 0 saturated heterocycles. The average Bonchev–Trinajstić information content (AvgIpc) is 2.53. The first kappa shape index (κ1) is 14.5. The summed E-state index contributed by atoms with van der Waals surface area (Å²) in [6.45, 7) is 0. The molecule has 0 bridgehead atoms. The van der Waals surface area contributed by atoms with Crippen LogP contribution in [0.4, 0.5) is 4.39 Å². The van der Waals surface area contributed by atoms with E-state index in [1.165, 1.54) is 19.2 Å². The van der Waals surface area contributed by atoms with Gasteiger partial charge in [-0.25, -0.2) is 4.39 Å². The number of halogens is 1. The number of benzene rings is 2. The average molecular weight is 284 g/mol. The van der Waals surface area contributed by atoms with Gasteiger partial charge in [0.25, 0.3) is 5.91 Å². The Morgan fingerprint density at radius 3 is 2.57 bits per heavy atom. The zero-order chi connectivity index (χ0) is 15.2. The molecule has 5 heteroatoms. The zero-order valence-corrected chi connectivity index (χ0v) is 11.3. The summed E-state index contributed by atoms with van der Waals surface area (Å²) < 4.78 is 18.7. The molecule has 106 valence electrons. The monoisotopic (exact) mass is 284 g/mol. The maximum Gasteiger partial charge on any atom is 0.255 e. The number of nitriles is 1. The minimum Gasteiger partial charge on any atom is -0.497 e. The van der Waals surface area contributed by atoms with Crippen LogP contribution in [-0.4, -0.2) is 13.0 Å².